The van der Waals surface area contributed by atoms with Gasteiger partial charge in [-0.3, -0.25) is 9.11 Å². The van der Waals surface area contributed by atoms with E-state index in [1.165, 1.54) is 0 Å². The molecule has 0 aromatic heterocycles. The van der Waals surface area contributed by atoms with Crippen LogP contribution in [0.4, 0.5) is 0 Å². The van der Waals surface area contributed by atoms with Gasteiger partial charge in [-0.2, -0.15) is 8.42 Å². The molecule has 2 N–H and O–H groups in total. The van der Waals surface area contributed by atoms with Crippen LogP contribution in [0.3, 0.4) is 0 Å². The van der Waals surface area contributed by atoms with Crippen LogP contribution >= 0.6 is 0 Å². The van der Waals surface area contributed by atoms with Crippen LogP contribution in [0, 0.1) is 0 Å². The summed E-state index contributed by atoms with van der Waals surface area (Å²) in [4.78, 5) is 0. The van der Waals surface area contributed by atoms with E-state index in [1.807, 2.05) is 7.72 Å². The van der Waals surface area contributed by atoms with Crippen molar-refractivity contribution in [1.82, 2.24) is 0 Å². The van der Waals surface area contributed by atoms with Crippen LogP contribution in [0.25, 0.3) is 0 Å². The molecule has 0 fully saturated rings. The molecule has 0 aromatic carbocycles. The van der Waals surface area contributed by atoms with Crippen LogP contribution in [0.5, 0.6) is 0 Å². The molecule has 0 saturated heterocycles. The Balaban J connectivity index is -0.0000000750. The molecule has 0 aromatic rings. The third-order valence-corrected chi connectivity index (χ3v) is 0. The Labute approximate surface area is 57.9 Å². The fourth-order valence-electron chi connectivity index (χ4n) is 0. The molecule has 8 heavy (non-hydrogen) atoms. The molecular formula is H3BCuO5S. The van der Waals surface area contributed by atoms with Crippen LogP contribution in [0.2, 0.25) is 0 Å². The van der Waals surface area contributed by atoms with Crippen molar-refractivity contribution in [3.63, 3.8) is 0 Å². The van der Waals surface area contributed by atoms with Gasteiger partial charge in [-0.25, -0.2) is 0 Å². The number of rotatable bonds is 0. The maximum atomic E-state index is 8.74. The first kappa shape index (κ1) is 15.7. The van der Waals surface area contributed by atoms with E-state index in [1.54, 1.807) is 0 Å². The van der Waals surface area contributed by atoms with Crippen molar-refractivity contribution < 1.29 is 39.3 Å². The average molecular weight is 189 g/mol. The quantitative estimate of drug-likeness (QED) is 0.360. The van der Waals surface area contributed by atoms with Gasteiger partial charge in [-0.05, 0) is 0 Å². The van der Waals surface area contributed by atoms with Gasteiger partial charge < -0.3 is 0 Å². The Bertz CT molecular complexity index is 106. The minimum Gasteiger partial charge on any atom is -0.264 e. The van der Waals surface area contributed by atoms with E-state index < -0.39 is 10.4 Å². The zero-order chi connectivity index (χ0) is 6.50. The Hall–Kier alpha value is 0.254. The van der Waals surface area contributed by atoms with Gasteiger partial charge in [0.1, 0.15) is 0 Å². The standard InChI is InChI=1S/BHO.Cu.H2O4S/c1-2;;1-5(2,3)4/h1H;;(H2,1,2,3,4). The van der Waals surface area contributed by atoms with E-state index in [4.69, 9.17) is 22.2 Å². The van der Waals surface area contributed by atoms with Crippen LogP contribution in [-0.2, 0) is 32.2 Å². The first-order valence-electron chi connectivity index (χ1n) is 0.987. The molecule has 0 aliphatic carbocycles. The maximum Gasteiger partial charge on any atom is 0.394 e. The first-order valence-corrected chi connectivity index (χ1v) is 2.38. The summed E-state index contributed by atoms with van der Waals surface area (Å²) >= 11 is 0. The summed E-state index contributed by atoms with van der Waals surface area (Å²) in [5, 5.41) is 0. The second kappa shape index (κ2) is 7.25. The van der Waals surface area contributed by atoms with Crippen LogP contribution in [0.1, 0.15) is 0 Å². The topological polar surface area (TPSA) is 91.7 Å². The molecule has 0 atom stereocenters. The molecule has 0 aliphatic heterocycles. The number of hydrogen-bond acceptors (Lipinski definition) is 3. The van der Waals surface area contributed by atoms with Crippen molar-refractivity contribution in [3.8, 4) is 0 Å². The summed E-state index contributed by atoms with van der Waals surface area (Å²) in [7, 11) is -2.67. The molecule has 0 heterocycles. The Morgan fingerprint density at radius 3 is 1.12 bits per heavy atom. The molecule has 0 unspecified atom stereocenters. The molecule has 8 heteroatoms. The molecule has 53 valence electrons. The van der Waals surface area contributed by atoms with Crippen LogP contribution < -0.4 is 0 Å². The SMILES string of the molecule is B=O.O=S(=O)(O)O.[Cu]. The smallest absolute Gasteiger partial charge is 0.264 e. The third kappa shape index (κ3) is 2670. The fraction of sp³-hybridized carbons (Fsp3) is 0. The molecule has 0 saturated carbocycles. The molecule has 0 spiro atoms. The zero-order valence-corrected chi connectivity index (χ0v) is 5.29. The van der Waals surface area contributed by atoms with Gasteiger partial charge in [0.05, 0.1) is 0 Å². The average Bonchev–Trinajstić information content (AvgIpc) is 1.36. The molecular weight excluding hydrogens is 186 g/mol. The Kier molecular flexibility index (Phi) is 14.3. The monoisotopic (exact) mass is 189 g/mol. The first-order chi connectivity index (χ1) is 3.00. The summed E-state index contributed by atoms with van der Waals surface area (Å²) in [6, 6.07) is 0. The van der Waals surface area contributed by atoms with Gasteiger partial charge in [0.15, 0.2) is 0 Å². The van der Waals surface area contributed by atoms with E-state index >= 15 is 0 Å². The predicted molar refractivity (Wildman–Crippen MR) is 22.0 cm³/mol. The fourth-order valence-corrected chi connectivity index (χ4v) is 0. The van der Waals surface area contributed by atoms with E-state index in [-0.39, 0.29) is 17.1 Å². The minimum atomic E-state index is -4.67. The number of hydrogen-bond donors (Lipinski definition) is 2. The van der Waals surface area contributed by atoms with E-state index in [9.17, 15) is 0 Å². The van der Waals surface area contributed by atoms with Gasteiger partial charge in [0.25, 0.3) is 0 Å². The molecule has 1 radical (unpaired) electrons. The van der Waals surface area contributed by atoms with Crippen molar-refractivity contribution in [2.45, 2.75) is 0 Å². The maximum absolute atomic E-state index is 8.74. The molecule has 0 rings (SSSR count). The zero-order valence-electron chi connectivity index (χ0n) is 3.54. The summed E-state index contributed by atoms with van der Waals surface area (Å²) in [5.41, 5.74) is 0. The van der Waals surface area contributed by atoms with E-state index in [2.05, 4.69) is 0 Å². The second-order valence-electron chi connectivity index (χ2n) is 0.448. The largest absolute Gasteiger partial charge is 0.394 e. The van der Waals surface area contributed by atoms with Gasteiger partial charge in [0, 0.05) is 17.1 Å². The summed E-state index contributed by atoms with van der Waals surface area (Å²) < 4.78 is 39.6. The van der Waals surface area contributed by atoms with Crippen molar-refractivity contribution >= 4 is 18.1 Å². The molecule has 0 aliphatic rings. The van der Waals surface area contributed by atoms with Gasteiger partial charge >= 0.3 is 22.8 Å². The predicted octanol–water partition coefficient (Wildman–Crippen LogP) is -1.42. The Morgan fingerprint density at radius 1 is 1.12 bits per heavy atom. The summed E-state index contributed by atoms with van der Waals surface area (Å²) in [6.45, 7) is 0. The van der Waals surface area contributed by atoms with Crippen molar-refractivity contribution in [3.05, 3.63) is 0 Å². The van der Waals surface area contributed by atoms with Gasteiger partial charge in [-0.15, -0.1) is 0 Å². The molecule has 5 nitrogen and oxygen atoms in total. The molecule has 0 amide bonds. The van der Waals surface area contributed by atoms with Crippen LogP contribution in [0.15, 0.2) is 0 Å². The third-order valence-electron chi connectivity index (χ3n) is 0. The molecule has 0 bridgehead atoms. The second-order valence-corrected chi connectivity index (χ2v) is 1.34. The van der Waals surface area contributed by atoms with Crippen molar-refractivity contribution in [1.29, 1.82) is 0 Å². The normalized spacial score (nSPS) is 7.62. The van der Waals surface area contributed by atoms with Gasteiger partial charge in [-0.1, -0.05) is 0 Å². The van der Waals surface area contributed by atoms with E-state index in [0.717, 1.165) is 0 Å². The summed E-state index contributed by atoms with van der Waals surface area (Å²) in [5.74, 6) is 0. The van der Waals surface area contributed by atoms with Crippen LogP contribution in [-0.4, -0.2) is 25.2 Å². The van der Waals surface area contributed by atoms with E-state index in [0.29, 0.717) is 0 Å². The Morgan fingerprint density at radius 2 is 1.12 bits per heavy atom. The van der Waals surface area contributed by atoms with Crippen molar-refractivity contribution in [2.75, 3.05) is 0 Å². The minimum absolute atomic E-state index is 0. The van der Waals surface area contributed by atoms with Gasteiger partial charge in [0.2, 0.25) is 0 Å². The van der Waals surface area contributed by atoms with Crippen molar-refractivity contribution in [2.24, 2.45) is 0 Å². The summed E-state index contributed by atoms with van der Waals surface area (Å²) in [6.07, 6.45) is 0.